The predicted molar refractivity (Wildman–Crippen MR) is 60.4 cm³/mol. The summed E-state index contributed by atoms with van der Waals surface area (Å²) < 4.78 is 5.60. The normalized spacial score (nSPS) is 13.4. The summed E-state index contributed by atoms with van der Waals surface area (Å²) in [6.07, 6.45) is 5.11. The average molecular weight is 200 g/mol. The molecule has 0 saturated carbocycles. The first kappa shape index (κ1) is 13.7. The van der Waals surface area contributed by atoms with Gasteiger partial charge in [-0.1, -0.05) is 11.6 Å². The molecular formula is C12H24O2. The molecule has 0 aromatic rings. The van der Waals surface area contributed by atoms with Gasteiger partial charge in [0.05, 0.1) is 12.2 Å². The third-order valence-electron chi connectivity index (χ3n) is 2.32. The van der Waals surface area contributed by atoms with Crippen molar-refractivity contribution in [3.05, 3.63) is 11.6 Å². The Morgan fingerprint density at radius 3 is 2.57 bits per heavy atom. The molecule has 0 unspecified atom stereocenters. The maximum atomic E-state index is 8.68. The lowest BCUT2D eigenvalue weighted by Crippen LogP contribution is -2.24. The van der Waals surface area contributed by atoms with Crippen LogP contribution in [-0.4, -0.2) is 23.9 Å². The van der Waals surface area contributed by atoms with Crippen LogP contribution < -0.4 is 0 Å². The van der Waals surface area contributed by atoms with Crippen LogP contribution in [0.4, 0.5) is 0 Å². The van der Waals surface area contributed by atoms with Gasteiger partial charge < -0.3 is 9.84 Å². The molecule has 0 heterocycles. The van der Waals surface area contributed by atoms with Crippen molar-refractivity contribution < 1.29 is 9.84 Å². The monoisotopic (exact) mass is 200 g/mol. The smallest absolute Gasteiger partial charge is 0.0626 e. The molecule has 2 heteroatoms. The second kappa shape index (κ2) is 7.02. The fourth-order valence-electron chi connectivity index (χ4n) is 1.51. The highest BCUT2D eigenvalue weighted by Gasteiger charge is 2.16. The van der Waals surface area contributed by atoms with Crippen molar-refractivity contribution in [2.75, 3.05) is 13.2 Å². The number of rotatable bonds is 7. The molecule has 0 rings (SSSR count). The van der Waals surface area contributed by atoms with E-state index in [2.05, 4.69) is 20.8 Å². The molecule has 0 bridgehead atoms. The largest absolute Gasteiger partial charge is 0.392 e. The molecule has 0 aliphatic heterocycles. The van der Waals surface area contributed by atoms with Gasteiger partial charge in [-0.25, -0.2) is 0 Å². The molecule has 2 nitrogen and oxygen atoms in total. The maximum absolute atomic E-state index is 8.68. The highest BCUT2D eigenvalue weighted by molar-refractivity contribution is 4.97. The topological polar surface area (TPSA) is 29.5 Å². The molecule has 0 radical (unpaired) electrons. The van der Waals surface area contributed by atoms with Crippen LogP contribution >= 0.6 is 0 Å². The molecule has 1 N–H and O–H groups in total. The highest BCUT2D eigenvalue weighted by atomic mass is 16.5. The molecule has 0 spiro atoms. The molecule has 0 atom stereocenters. The molecule has 0 aliphatic rings. The van der Waals surface area contributed by atoms with E-state index in [1.807, 2.05) is 13.0 Å². The van der Waals surface area contributed by atoms with Crippen LogP contribution in [0.2, 0.25) is 0 Å². The Balaban J connectivity index is 3.67. The Hall–Kier alpha value is -0.340. The Kier molecular flexibility index (Phi) is 6.85. The summed E-state index contributed by atoms with van der Waals surface area (Å²) in [5.41, 5.74) is 1.26. The van der Waals surface area contributed by atoms with Gasteiger partial charge in [-0.15, -0.1) is 0 Å². The Bertz CT molecular complexity index is 171. The quantitative estimate of drug-likeness (QED) is 0.640. The molecule has 0 aromatic carbocycles. The van der Waals surface area contributed by atoms with Crippen LogP contribution in [-0.2, 0) is 4.74 Å². The zero-order chi connectivity index (χ0) is 11.0. The summed E-state index contributed by atoms with van der Waals surface area (Å²) in [6.45, 7) is 9.27. The fourth-order valence-corrected chi connectivity index (χ4v) is 1.51. The molecule has 84 valence electrons. The predicted octanol–water partition coefficient (Wildman–Crippen LogP) is 2.91. The number of allylic oxidation sites excluding steroid dienone is 1. The van der Waals surface area contributed by atoms with E-state index in [1.165, 1.54) is 5.57 Å². The van der Waals surface area contributed by atoms with Gasteiger partial charge in [0.15, 0.2) is 0 Å². The van der Waals surface area contributed by atoms with E-state index in [1.54, 1.807) is 0 Å². The van der Waals surface area contributed by atoms with Gasteiger partial charge in [0.25, 0.3) is 0 Å². The Morgan fingerprint density at radius 2 is 2.07 bits per heavy atom. The molecule has 0 amide bonds. The minimum Gasteiger partial charge on any atom is -0.392 e. The van der Waals surface area contributed by atoms with Crippen LogP contribution in [0.1, 0.15) is 47.0 Å². The molecule has 0 aromatic heterocycles. The lowest BCUT2D eigenvalue weighted by atomic mass is 9.99. The molecular weight excluding hydrogens is 176 g/mol. The Labute approximate surface area is 88.0 Å². The van der Waals surface area contributed by atoms with Crippen molar-refractivity contribution in [2.24, 2.45) is 0 Å². The van der Waals surface area contributed by atoms with Gasteiger partial charge in [0.1, 0.15) is 0 Å². The summed E-state index contributed by atoms with van der Waals surface area (Å²) in [5, 5.41) is 8.68. The van der Waals surface area contributed by atoms with Crippen LogP contribution in [0.15, 0.2) is 11.6 Å². The lowest BCUT2D eigenvalue weighted by Gasteiger charge is -2.24. The third-order valence-corrected chi connectivity index (χ3v) is 2.32. The number of ether oxygens (including phenoxy) is 1. The standard InChI is InChI=1S/C12H24O2/c1-5-14-12(3,4)9-6-7-11(2)8-10-13/h8,13H,5-7,9-10H2,1-4H3. The summed E-state index contributed by atoms with van der Waals surface area (Å²) in [6, 6.07) is 0. The molecule has 0 fully saturated rings. The van der Waals surface area contributed by atoms with E-state index in [9.17, 15) is 0 Å². The average Bonchev–Trinajstić information content (AvgIpc) is 2.03. The van der Waals surface area contributed by atoms with E-state index >= 15 is 0 Å². The van der Waals surface area contributed by atoms with Crippen LogP contribution in [0.3, 0.4) is 0 Å². The summed E-state index contributed by atoms with van der Waals surface area (Å²) >= 11 is 0. The molecule has 0 saturated heterocycles. The number of aliphatic hydroxyl groups excluding tert-OH is 1. The van der Waals surface area contributed by atoms with Crippen molar-refractivity contribution in [3.8, 4) is 0 Å². The Morgan fingerprint density at radius 1 is 1.43 bits per heavy atom. The van der Waals surface area contributed by atoms with Gasteiger partial charge in [-0.2, -0.15) is 0 Å². The number of hydrogen-bond donors (Lipinski definition) is 1. The molecule has 14 heavy (non-hydrogen) atoms. The van der Waals surface area contributed by atoms with Gasteiger partial charge in [-0.3, -0.25) is 0 Å². The zero-order valence-corrected chi connectivity index (χ0v) is 9.97. The van der Waals surface area contributed by atoms with Gasteiger partial charge in [0, 0.05) is 6.61 Å². The van der Waals surface area contributed by atoms with Crippen molar-refractivity contribution >= 4 is 0 Å². The lowest BCUT2D eigenvalue weighted by molar-refractivity contribution is -0.0173. The highest BCUT2D eigenvalue weighted by Crippen LogP contribution is 2.19. The zero-order valence-electron chi connectivity index (χ0n) is 9.97. The minimum absolute atomic E-state index is 0.00571. The SMILES string of the molecule is CCOC(C)(C)CCCC(C)=CCO. The maximum Gasteiger partial charge on any atom is 0.0626 e. The van der Waals surface area contributed by atoms with Gasteiger partial charge in [-0.05, 0) is 47.0 Å². The first-order chi connectivity index (χ1) is 6.52. The fraction of sp³-hybridized carbons (Fsp3) is 0.833. The van der Waals surface area contributed by atoms with Crippen molar-refractivity contribution in [1.82, 2.24) is 0 Å². The van der Waals surface area contributed by atoms with Crippen molar-refractivity contribution in [2.45, 2.75) is 52.6 Å². The first-order valence-electron chi connectivity index (χ1n) is 5.42. The van der Waals surface area contributed by atoms with E-state index < -0.39 is 0 Å². The second-order valence-corrected chi connectivity index (χ2v) is 4.28. The van der Waals surface area contributed by atoms with E-state index in [0.29, 0.717) is 0 Å². The van der Waals surface area contributed by atoms with Crippen LogP contribution in [0.25, 0.3) is 0 Å². The molecule has 0 aliphatic carbocycles. The number of hydrogen-bond acceptors (Lipinski definition) is 2. The van der Waals surface area contributed by atoms with Gasteiger partial charge in [0.2, 0.25) is 0 Å². The summed E-state index contributed by atoms with van der Waals surface area (Å²) in [4.78, 5) is 0. The number of aliphatic hydroxyl groups is 1. The van der Waals surface area contributed by atoms with Crippen molar-refractivity contribution in [3.63, 3.8) is 0 Å². The minimum atomic E-state index is -0.00571. The summed E-state index contributed by atoms with van der Waals surface area (Å²) in [7, 11) is 0. The van der Waals surface area contributed by atoms with Crippen LogP contribution in [0, 0.1) is 0 Å². The van der Waals surface area contributed by atoms with Gasteiger partial charge >= 0.3 is 0 Å². The first-order valence-corrected chi connectivity index (χ1v) is 5.42. The van der Waals surface area contributed by atoms with E-state index in [-0.39, 0.29) is 12.2 Å². The third kappa shape index (κ3) is 7.10. The van der Waals surface area contributed by atoms with Crippen molar-refractivity contribution in [1.29, 1.82) is 0 Å². The van der Waals surface area contributed by atoms with Crippen LogP contribution in [0.5, 0.6) is 0 Å². The second-order valence-electron chi connectivity index (χ2n) is 4.28. The van der Waals surface area contributed by atoms with E-state index in [4.69, 9.17) is 9.84 Å². The van der Waals surface area contributed by atoms with E-state index in [0.717, 1.165) is 25.9 Å². The summed E-state index contributed by atoms with van der Waals surface area (Å²) in [5.74, 6) is 0.